The molecular weight excluding hydrogens is 446 g/mol. The molecule has 4 rings (SSSR count). The Hall–Kier alpha value is -4.40. The smallest absolute Gasteiger partial charge is 0.282 e. The Morgan fingerprint density at radius 3 is 2.09 bits per heavy atom. The molecule has 1 N–H and O–H groups in total. The number of para-hydroxylation sites is 1. The van der Waals surface area contributed by atoms with Crippen LogP contribution in [-0.4, -0.2) is 33.1 Å². The van der Waals surface area contributed by atoms with Gasteiger partial charge in [0.25, 0.3) is 11.8 Å². The number of anilines is 2. The Labute approximate surface area is 194 Å². The predicted octanol–water partition coefficient (Wildman–Crippen LogP) is 4.39. The third-order valence-corrected chi connectivity index (χ3v) is 5.23. The van der Waals surface area contributed by atoms with Crippen molar-refractivity contribution in [3.8, 4) is 17.2 Å². The number of carbonyl (C=O) groups excluding carboxylic acids is 2. The van der Waals surface area contributed by atoms with E-state index in [0.717, 1.165) is 12.1 Å². The molecule has 0 radical (unpaired) electrons. The van der Waals surface area contributed by atoms with Gasteiger partial charge < -0.3 is 19.5 Å². The first-order valence-electron chi connectivity index (χ1n) is 10.1. The summed E-state index contributed by atoms with van der Waals surface area (Å²) in [6.45, 7) is 0. The maximum absolute atomic E-state index is 14.6. The van der Waals surface area contributed by atoms with Gasteiger partial charge in [0.15, 0.2) is 0 Å². The van der Waals surface area contributed by atoms with Gasteiger partial charge in [0, 0.05) is 35.5 Å². The molecule has 1 heterocycles. The van der Waals surface area contributed by atoms with Crippen LogP contribution in [0.1, 0.15) is 5.56 Å². The first kappa shape index (κ1) is 22.8. The first-order valence-corrected chi connectivity index (χ1v) is 10.1. The summed E-state index contributed by atoms with van der Waals surface area (Å²) in [5.41, 5.74) is 0.192. The molecule has 2 amide bonds. The van der Waals surface area contributed by atoms with Crippen LogP contribution in [0.4, 0.5) is 20.2 Å². The number of rotatable bonds is 7. The van der Waals surface area contributed by atoms with Crippen molar-refractivity contribution in [2.45, 2.75) is 0 Å². The molecule has 3 aromatic carbocycles. The van der Waals surface area contributed by atoms with Gasteiger partial charge in [0.2, 0.25) is 0 Å². The molecule has 0 aliphatic carbocycles. The van der Waals surface area contributed by atoms with E-state index in [1.165, 1.54) is 21.3 Å². The molecule has 0 spiro atoms. The van der Waals surface area contributed by atoms with Crippen molar-refractivity contribution in [1.29, 1.82) is 0 Å². The minimum Gasteiger partial charge on any atom is -0.497 e. The lowest BCUT2D eigenvalue weighted by Gasteiger charge is -2.16. The molecular formula is C25H20F2N2O5. The number of nitrogens with one attached hydrogen (secondary N) is 1. The maximum atomic E-state index is 14.6. The van der Waals surface area contributed by atoms with Crippen LogP contribution in [0.15, 0.2) is 66.4 Å². The van der Waals surface area contributed by atoms with Crippen molar-refractivity contribution in [2.75, 3.05) is 31.5 Å². The Morgan fingerprint density at radius 1 is 0.794 bits per heavy atom. The third-order valence-electron chi connectivity index (χ3n) is 5.23. The second-order valence-electron chi connectivity index (χ2n) is 7.22. The number of imide groups is 1. The monoisotopic (exact) mass is 466 g/mol. The Balaban J connectivity index is 1.89. The number of halogens is 2. The standard InChI is InChI=1S/C25H20F2N2O5/c1-32-16-11-15(12-17(13-16)33-2)28-23-22(18-6-4-5-7-21(18)34-3)24(30)29(25(23)31)20-9-8-14(26)10-19(20)27/h4-13,28H,1-3H3. The minimum absolute atomic E-state index is 0.0343. The molecule has 3 aromatic rings. The summed E-state index contributed by atoms with van der Waals surface area (Å²) in [7, 11) is 4.38. The molecule has 7 nitrogen and oxygen atoms in total. The molecule has 0 unspecified atom stereocenters. The van der Waals surface area contributed by atoms with Crippen molar-refractivity contribution in [3.63, 3.8) is 0 Å². The number of benzene rings is 3. The molecule has 0 saturated heterocycles. The lowest BCUT2D eigenvalue weighted by atomic mass is 10.0. The summed E-state index contributed by atoms with van der Waals surface area (Å²) in [6.07, 6.45) is 0. The third kappa shape index (κ3) is 4.03. The van der Waals surface area contributed by atoms with Gasteiger partial charge in [-0.1, -0.05) is 18.2 Å². The Kier molecular flexibility index (Phi) is 6.18. The second kappa shape index (κ2) is 9.22. The highest BCUT2D eigenvalue weighted by atomic mass is 19.1. The average molecular weight is 466 g/mol. The SMILES string of the molecule is COc1cc(NC2=C(c3ccccc3OC)C(=O)N(c3ccc(F)cc3F)C2=O)cc(OC)c1. The highest BCUT2D eigenvalue weighted by Crippen LogP contribution is 2.39. The molecule has 1 aliphatic heterocycles. The fourth-order valence-electron chi connectivity index (χ4n) is 3.65. The van der Waals surface area contributed by atoms with Gasteiger partial charge in [-0.15, -0.1) is 0 Å². The quantitative estimate of drug-likeness (QED) is 0.521. The molecule has 0 aromatic heterocycles. The van der Waals surface area contributed by atoms with Gasteiger partial charge in [-0.25, -0.2) is 13.7 Å². The molecule has 9 heteroatoms. The number of ether oxygens (including phenoxy) is 3. The van der Waals surface area contributed by atoms with E-state index >= 15 is 0 Å². The zero-order valence-corrected chi connectivity index (χ0v) is 18.5. The van der Waals surface area contributed by atoms with Gasteiger partial charge in [0.1, 0.15) is 34.6 Å². The van der Waals surface area contributed by atoms with Crippen LogP contribution >= 0.6 is 0 Å². The number of methoxy groups -OCH3 is 3. The molecule has 0 saturated carbocycles. The van der Waals surface area contributed by atoms with Crippen molar-refractivity contribution in [2.24, 2.45) is 0 Å². The number of hydrogen-bond donors (Lipinski definition) is 1. The minimum atomic E-state index is -1.05. The second-order valence-corrected chi connectivity index (χ2v) is 7.22. The summed E-state index contributed by atoms with van der Waals surface area (Å²) in [5, 5.41) is 2.96. The van der Waals surface area contributed by atoms with Crippen LogP contribution in [-0.2, 0) is 9.59 Å². The van der Waals surface area contributed by atoms with E-state index < -0.39 is 23.4 Å². The van der Waals surface area contributed by atoms with E-state index in [1.54, 1.807) is 42.5 Å². The molecule has 174 valence electrons. The summed E-state index contributed by atoms with van der Waals surface area (Å²) in [4.78, 5) is 27.6. The topological polar surface area (TPSA) is 77.1 Å². The fraction of sp³-hybridized carbons (Fsp3) is 0.120. The van der Waals surface area contributed by atoms with E-state index in [0.29, 0.717) is 39.5 Å². The molecule has 0 fully saturated rings. The summed E-state index contributed by atoms with van der Waals surface area (Å²) in [5.74, 6) is -2.28. The van der Waals surface area contributed by atoms with Crippen LogP contribution < -0.4 is 24.4 Å². The van der Waals surface area contributed by atoms with Gasteiger partial charge in [0.05, 0.1) is 32.6 Å². The van der Waals surface area contributed by atoms with Gasteiger partial charge >= 0.3 is 0 Å². The van der Waals surface area contributed by atoms with Gasteiger partial charge in [-0.2, -0.15) is 0 Å². The molecule has 1 aliphatic rings. The van der Waals surface area contributed by atoms with Crippen LogP contribution in [0.25, 0.3) is 5.57 Å². The van der Waals surface area contributed by atoms with E-state index in [9.17, 15) is 18.4 Å². The highest BCUT2D eigenvalue weighted by molar-refractivity contribution is 6.46. The first-order chi connectivity index (χ1) is 16.4. The highest BCUT2D eigenvalue weighted by Gasteiger charge is 2.42. The van der Waals surface area contributed by atoms with E-state index in [2.05, 4.69) is 5.32 Å². The number of amides is 2. The largest absolute Gasteiger partial charge is 0.497 e. The van der Waals surface area contributed by atoms with Gasteiger partial charge in [-0.05, 0) is 18.2 Å². The summed E-state index contributed by atoms with van der Waals surface area (Å²) < 4.78 is 44.0. The van der Waals surface area contributed by atoms with Crippen molar-refractivity contribution >= 4 is 28.8 Å². The van der Waals surface area contributed by atoms with Crippen molar-refractivity contribution < 1.29 is 32.6 Å². The molecule has 34 heavy (non-hydrogen) atoms. The van der Waals surface area contributed by atoms with Crippen LogP contribution in [0.5, 0.6) is 17.2 Å². The van der Waals surface area contributed by atoms with E-state index in [-0.39, 0.29) is 17.0 Å². The van der Waals surface area contributed by atoms with Crippen LogP contribution in [0.3, 0.4) is 0 Å². The summed E-state index contributed by atoms with van der Waals surface area (Å²) >= 11 is 0. The number of carbonyl (C=O) groups is 2. The molecule has 0 atom stereocenters. The normalized spacial score (nSPS) is 13.4. The molecule has 0 bridgehead atoms. The van der Waals surface area contributed by atoms with Gasteiger partial charge in [-0.3, -0.25) is 9.59 Å². The van der Waals surface area contributed by atoms with Crippen molar-refractivity contribution in [3.05, 3.63) is 83.6 Å². The maximum Gasteiger partial charge on any atom is 0.282 e. The Morgan fingerprint density at radius 2 is 1.47 bits per heavy atom. The number of nitrogens with zero attached hydrogens (tertiary/aromatic N) is 1. The lowest BCUT2D eigenvalue weighted by molar-refractivity contribution is -0.120. The van der Waals surface area contributed by atoms with Crippen LogP contribution in [0.2, 0.25) is 0 Å². The lowest BCUT2D eigenvalue weighted by Crippen LogP contribution is -2.33. The van der Waals surface area contributed by atoms with E-state index in [4.69, 9.17) is 14.2 Å². The average Bonchev–Trinajstić information content (AvgIpc) is 3.07. The summed E-state index contributed by atoms with van der Waals surface area (Å²) in [6, 6.07) is 14.1. The zero-order valence-electron chi connectivity index (χ0n) is 18.5. The van der Waals surface area contributed by atoms with Crippen molar-refractivity contribution in [1.82, 2.24) is 0 Å². The predicted molar refractivity (Wildman–Crippen MR) is 122 cm³/mol. The Bertz CT molecular complexity index is 1300. The van der Waals surface area contributed by atoms with Crippen LogP contribution in [0, 0.1) is 11.6 Å². The zero-order chi connectivity index (χ0) is 24.4. The number of hydrogen-bond acceptors (Lipinski definition) is 6. The fourth-order valence-corrected chi connectivity index (χ4v) is 3.65. The van der Waals surface area contributed by atoms with E-state index in [1.807, 2.05) is 0 Å².